The number of aliphatic hydroxyl groups excluding tert-OH is 1. The third-order valence-electron chi connectivity index (χ3n) is 2.53. The first kappa shape index (κ1) is 15.6. The summed E-state index contributed by atoms with van der Waals surface area (Å²) in [4.78, 5) is 2.08. The second-order valence-corrected chi connectivity index (χ2v) is 5.35. The molecule has 1 aromatic rings. The van der Waals surface area contributed by atoms with Gasteiger partial charge in [-0.25, -0.2) is 0 Å². The molecular weight excluding hydrogens is 298 g/mol. The van der Waals surface area contributed by atoms with Crippen LogP contribution in [0.5, 0.6) is 0 Å². The molecule has 1 heterocycles. The highest BCUT2D eigenvalue weighted by Gasteiger charge is 2.17. The summed E-state index contributed by atoms with van der Waals surface area (Å²) in [7, 11) is 4.03. The maximum absolute atomic E-state index is 10.1. The Hall–Kier alpha value is -0.430. The summed E-state index contributed by atoms with van der Waals surface area (Å²) in [6.07, 6.45) is 2.03. The Labute approximate surface area is 117 Å². The third-order valence-corrected chi connectivity index (χ3v) is 3.14. The number of rotatable bonds is 8. The summed E-state index contributed by atoms with van der Waals surface area (Å²) in [5.41, 5.74) is 0.785. The number of halogens is 1. The molecule has 6 heteroatoms. The van der Waals surface area contributed by atoms with Gasteiger partial charge >= 0.3 is 0 Å². The Kier molecular flexibility index (Phi) is 6.85. The van der Waals surface area contributed by atoms with Gasteiger partial charge in [-0.2, -0.15) is 5.10 Å². The van der Waals surface area contributed by atoms with Gasteiger partial charge in [0.05, 0.1) is 29.5 Å². The Morgan fingerprint density at radius 1 is 1.56 bits per heavy atom. The Bertz CT molecular complexity index is 355. The highest BCUT2D eigenvalue weighted by atomic mass is 79.9. The first-order valence-corrected chi connectivity index (χ1v) is 6.97. The van der Waals surface area contributed by atoms with Gasteiger partial charge in [-0.05, 0) is 36.4 Å². The number of aliphatic hydroxyl groups is 1. The van der Waals surface area contributed by atoms with Crippen LogP contribution < -0.4 is 0 Å². The van der Waals surface area contributed by atoms with E-state index in [0.717, 1.165) is 29.7 Å². The molecule has 0 fully saturated rings. The standard InChI is InChI=1S/C12H22BrN3O2/c1-4-7-18-9-11(17)12-10(13)8-14-16(12)6-5-15(2)3/h8,11,17H,4-7,9H2,1-3H3. The van der Waals surface area contributed by atoms with Gasteiger partial charge < -0.3 is 14.7 Å². The van der Waals surface area contributed by atoms with Crippen molar-refractivity contribution in [2.75, 3.05) is 33.9 Å². The third kappa shape index (κ3) is 4.68. The average Bonchev–Trinajstić information content (AvgIpc) is 2.68. The zero-order chi connectivity index (χ0) is 13.5. The minimum absolute atomic E-state index is 0.306. The second-order valence-electron chi connectivity index (χ2n) is 4.49. The minimum Gasteiger partial charge on any atom is -0.384 e. The predicted octanol–water partition coefficient (Wildman–Crippen LogP) is 1.67. The molecule has 0 saturated heterocycles. The maximum Gasteiger partial charge on any atom is 0.120 e. The zero-order valence-corrected chi connectivity index (χ0v) is 12.9. The van der Waals surface area contributed by atoms with Gasteiger partial charge in [0.25, 0.3) is 0 Å². The summed E-state index contributed by atoms with van der Waals surface area (Å²) >= 11 is 3.42. The molecule has 5 nitrogen and oxygen atoms in total. The monoisotopic (exact) mass is 319 g/mol. The number of hydrogen-bond donors (Lipinski definition) is 1. The minimum atomic E-state index is -0.643. The van der Waals surface area contributed by atoms with Crippen LogP contribution in [-0.2, 0) is 11.3 Å². The van der Waals surface area contributed by atoms with Gasteiger partial charge in [-0.3, -0.25) is 4.68 Å². The highest BCUT2D eigenvalue weighted by Crippen LogP contribution is 2.23. The van der Waals surface area contributed by atoms with E-state index in [-0.39, 0.29) is 0 Å². The van der Waals surface area contributed by atoms with Gasteiger partial charge in [-0.1, -0.05) is 6.92 Å². The molecule has 104 valence electrons. The van der Waals surface area contributed by atoms with Gasteiger partial charge in [0.15, 0.2) is 0 Å². The van der Waals surface area contributed by atoms with Crippen LogP contribution in [0.25, 0.3) is 0 Å². The molecule has 18 heavy (non-hydrogen) atoms. The molecule has 1 unspecified atom stereocenters. The van der Waals surface area contributed by atoms with Crippen molar-refractivity contribution in [1.29, 1.82) is 0 Å². The number of nitrogens with zero attached hydrogens (tertiary/aromatic N) is 3. The lowest BCUT2D eigenvalue weighted by molar-refractivity contribution is 0.0312. The summed E-state index contributed by atoms with van der Waals surface area (Å²) < 4.78 is 8.03. The van der Waals surface area contributed by atoms with Crippen LogP contribution in [0.3, 0.4) is 0 Å². The van der Waals surface area contributed by atoms with Crippen LogP contribution in [0, 0.1) is 0 Å². The smallest absolute Gasteiger partial charge is 0.120 e. The van der Waals surface area contributed by atoms with Gasteiger partial charge in [-0.15, -0.1) is 0 Å². The molecule has 0 amide bonds. The molecule has 1 aromatic heterocycles. The topological polar surface area (TPSA) is 50.5 Å². The fourth-order valence-electron chi connectivity index (χ4n) is 1.59. The Balaban J connectivity index is 2.64. The lowest BCUT2D eigenvalue weighted by Gasteiger charge is -2.16. The molecule has 1 N–H and O–H groups in total. The second kappa shape index (κ2) is 7.89. The molecule has 0 spiro atoms. The number of ether oxygens (including phenoxy) is 1. The molecule has 1 rings (SSSR count). The van der Waals surface area contributed by atoms with E-state index in [4.69, 9.17) is 4.74 Å². The van der Waals surface area contributed by atoms with Gasteiger partial charge in [0.2, 0.25) is 0 Å². The van der Waals surface area contributed by atoms with E-state index >= 15 is 0 Å². The molecule has 0 aliphatic rings. The van der Waals surface area contributed by atoms with E-state index in [0.29, 0.717) is 13.2 Å². The lowest BCUT2D eigenvalue weighted by Crippen LogP contribution is -2.22. The predicted molar refractivity (Wildman–Crippen MR) is 74.6 cm³/mol. The van der Waals surface area contributed by atoms with Crippen molar-refractivity contribution in [3.63, 3.8) is 0 Å². The summed E-state index contributed by atoms with van der Waals surface area (Å²) in [5, 5.41) is 14.4. The van der Waals surface area contributed by atoms with E-state index in [2.05, 4.69) is 25.9 Å². The first-order chi connectivity index (χ1) is 8.56. The average molecular weight is 320 g/mol. The van der Waals surface area contributed by atoms with E-state index in [1.54, 1.807) is 6.20 Å². The number of hydrogen-bond acceptors (Lipinski definition) is 4. The molecule has 0 bridgehead atoms. The molecule has 0 saturated carbocycles. The molecule has 0 aromatic carbocycles. The SMILES string of the molecule is CCCOCC(O)c1c(Br)cnn1CCN(C)C. The summed E-state index contributed by atoms with van der Waals surface area (Å²) in [6.45, 7) is 4.65. The van der Waals surface area contributed by atoms with Gasteiger partial charge in [0.1, 0.15) is 6.10 Å². The van der Waals surface area contributed by atoms with Crippen molar-refractivity contribution >= 4 is 15.9 Å². The van der Waals surface area contributed by atoms with E-state index < -0.39 is 6.10 Å². The largest absolute Gasteiger partial charge is 0.384 e. The first-order valence-electron chi connectivity index (χ1n) is 6.18. The lowest BCUT2D eigenvalue weighted by atomic mass is 10.2. The zero-order valence-electron chi connectivity index (χ0n) is 11.3. The van der Waals surface area contributed by atoms with Crippen LogP contribution >= 0.6 is 15.9 Å². The van der Waals surface area contributed by atoms with Crippen LogP contribution in [0.2, 0.25) is 0 Å². The van der Waals surface area contributed by atoms with E-state index in [1.807, 2.05) is 25.7 Å². The summed E-state index contributed by atoms with van der Waals surface area (Å²) in [6, 6.07) is 0. The van der Waals surface area contributed by atoms with Crippen LogP contribution in [-0.4, -0.2) is 53.6 Å². The molecule has 0 radical (unpaired) electrons. The van der Waals surface area contributed by atoms with Crippen LogP contribution in [0.1, 0.15) is 25.1 Å². The molecule has 0 aliphatic heterocycles. The van der Waals surface area contributed by atoms with Crippen LogP contribution in [0.4, 0.5) is 0 Å². The van der Waals surface area contributed by atoms with Crippen LogP contribution in [0.15, 0.2) is 10.7 Å². The van der Waals surface area contributed by atoms with Crippen molar-refractivity contribution in [2.24, 2.45) is 0 Å². The quantitative estimate of drug-likeness (QED) is 0.740. The van der Waals surface area contributed by atoms with Crippen molar-refractivity contribution in [2.45, 2.75) is 26.0 Å². The fraction of sp³-hybridized carbons (Fsp3) is 0.750. The summed E-state index contributed by atoms with van der Waals surface area (Å²) in [5.74, 6) is 0. The Morgan fingerprint density at radius 2 is 2.28 bits per heavy atom. The highest BCUT2D eigenvalue weighted by molar-refractivity contribution is 9.10. The fourth-order valence-corrected chi connectivity index (χ4v) is 2.15. The number of aromatic nitrogens is 2. The van der Waals surface area contributed by atoms with Crippen molar-refractivity contribution in [1.82, 2.24) is 14.7 Å². The van der Waals surface area contributed by atoms with E-state index in [1.165, 1.54) is 0 Å². The molecule has 0 aliphatic carbocycles. The maximum atomic E-state index is 10.1. The normalized spacial score (nSPS) is 13.2. The van der Waals surface area contributed by atoms with Gasteiger partial charge in [0, 0.05) is 13.2 Å². The molecule has 1 atom stereocenters. The number of likely N-dealkylation sites (N-methyl/N-ethyl adjacent to an activating group) is 1. The van der Waals surface area contributed by atoms with Crippen molar-refractivity contribution in [3.05, 3.63) is 16.4 Å². The molecular formula is C12H22BrN3O2. The van der Waals surface area contributed by atoms with E-state index in [9.17, 15) is 5.11 Å². The van der Waals surface area contributed by atoms with Crippen molar-refractivity contribution in [3.8, 4) is 0 Å². The Morgan fingerprint density at radius 3 is 2.89 bits per heavy atom. The van der Waals surface area contributed by atoms with Crippen molar-refractivity contribution < 1.29 is 9.84 Å².